The Labute approximate surface area is 154 Å². The van der Waals surface area contributed by atoms with Gasteiger partial charge in [-0.2, -0.15) is 0 Å². The van der Waals surface area contributed by atoms with Gasteiger partial charge in [-0.15, -0.1) is 0 Å². The first kappa shape index (κ1) is 19.5. The van der Waals surface area contributed by atoms with E-state index in [0.717, 1.165) is 12.0 Å². The van der Waals surface area contributed by atoms with Crippen LogP contribution in [0.1, 0.15) is 42.6 Å². The van der Waals surface area contributed by atoms with Gasteiger partial charge in [0.25, 0.3) is 11.8 Å². The van der Waals surface area contributed by atoms with Gasteiger partial charge in [-0.3, -0.25) is 9.59 Å². The van der Waals surface area contributed by atoms with Crippen molar-refractivity contribution in [3.8, 4) is 5.75 Å². The Morgan fingerprint density at radius 2 is 1.73 bits per heavy atom. The van der Waals surface area contributed by atoms with E-state index in [4.69, 9.17) is 4.74 Å². The molecule has 26 heavy (non-hydrogen) atoms. The van der Waals surface area contributed by atoms with Gasteiger partial charge < -0.3 is 15.4 Å². The molecule has 0 radical (unpaired) electrons. The predicted octanol–water partition coefficient (Wildman–Crippen LogP) is 3.93. The molecule has 0 bridgehead atoms. The summed E-state index contributed by atoms with van der Waals surface area (Å²) >= 11 is 0. The van der Waals surface area contributed by atoms with Crippen molar-refractivity contribution in [3.63, 3.8) is 0 Å². The van der Waals surface area contributed by atoms with Crippen molar-refractivity contribution in [2.45, 2.75) is 39.7 Å². The highest BCUT2D eigenvalue weighted by atomic mass is 16.5. The second-order valence-electron chi connectivity index (χ2n) is 6.12. The molecule has 1 atom stereocenters. The predicted molar refractivity (Wildman–Crippen MR) is 104 cm³/mol. The zero-order valence-corrected chi connectivity index (χ0v) is 15.5. The molecule has 1 unspecified atom stereocenters. The van der Waals surface area contributed by atoms with E-state index in [1.54, 1.807) is 24.3 Å². The number of ether oxygens (including phenoxy) is 1. The first-order chi connectivity index (χ1) is 12.5. The average Bonchev–Trinajstić information content (AvgIpc) is 2.66. The Kier molecular flexibility index (Phi) is 7.21. The number of para-hydroxylation sites is 1. The third kappa shape index (κ3) is 5.34. The zero-order valence-electron chi connectivity index (χ0n) is 15.5. The number of hydrogen-bond acceptors (Lipinski definition) is 3. The van der Waals surface area contributed by atoms with E-state index in [2.05, 4.69) is 10.6 Å². The van der Waals surface area contributed by atoms with Crippen molar-refractivity contribution in [1.29, 1.82) is 0 Å². The average molecular weight is 354 g/mol. The van der Waals surface area contributed by atoms with Crippen LogP contribution < -0.4 is 15.4 Å². The van der Waals surface area contributed by atoms with Crippen LogP contribution in [-0.4, -0.2) is 24.5 Å². The summed E-state index contributed by atoms with van der Waals surface area (Å²) in [5.74, 6) is 0.172. The molecule has 2 aromatic rings. The number of anilines is 1. The van der Waals surface area contributed by atoms with Gasteiger partial charge in [-0.25, -0.2) is 0 Å². The molecule has 0 heterocycles. The highest BCUT2D eigenvalue weighted by Gasteiger charge is 2.20. The smallest absolute Gasteiger partial charge is 0.265 e. The fourth-order valence-corrected chi connectivity index (χ4v) is 2.44. The molecule has 0 saturated carbocycles. The Morgan fingerprint density at radius 1 is 1.04 bits per heavy atom. The molecule has 5 nitrogen and oxygen atoms in total. The third-order valence-electron chi connectivity index (χ3n) is 3.93. The number of hydrogen-bond donors (Lipinski definition) is 2. The molecule has 0 aliphatic rings. The van der Waals surface area contributed by atoms with Gasteiger partial charge in [0.05, 0.1) is 11.3 Å². The van der Waals surface area contributed by atoms with E-state index in [1.807, 2.05) is 45.0 Å². The SMILES string of the molecule is CCCNC(=O)c1ccccc1NC(=O)C(CC)Oc1ccc(C)cc1. The van der Waals surface area contributed by atoms with Crippen LogP contribution >= 0.6 is 0 Å². The summed E-state index contributed by atoms with van der Waals surface area (Å²) in [4.78, 5) is 24.9. The molecular weight excluding hydrogens is 328 g/mol. The fraction of sp³-hybridized carbons (Fsp3) is 0.333. The highest BCUT2D eigenvalue weighted by molar-refractivity contribution is 6.04. The topological polar surface area (TPSA) is 67.4 Å². The lowest BCUT2D eigenvalue weighted by atomic mass is 10.1. The van der Waals surface area contributed by atoms with Gasteiger partial charge in [-0.1, -0.05) is 43.7 Å². The number of rotatable bonds is 8. The molecule has 0 aromatic heterocycles. The molecule has 0 fully saturated rings. The standard InChI is InChI=1S/C21H26N2O3/c1-4-14-22-20(24)17-8-6-7-9-18(17)23-21(25)19(5-2)26-16-12-10-15(3)11-13-16/h6-13,19H,4-5,14H2,1-3H3,(H,22,24)(H,23,25). The van der Waals surface area contributed by atoms with Crippen LogP contribution in [0.4, 0.5) is 5.69 Å². The Bertz CT molecular complexity index is 741. The summed E-state index contributed by atoms with van der Waals surface area (Å²) in [6.07, 6.45) is 0.733. The molecule has 2 aromatic carbocycles. The van der Waals surface area contributed by atoms with Gasteiger partial charge in [0, 0.05) is 6.54 Å². The van der Waals surface area contributed by atoms with Crippen molar-refractivity contribution < 1.29 is 14.3 Å². The van der Waals surface area contributed by atoms with Crippen molar-refractivity contribution >= 4 is 17.5 Å². The molecule has 138 valence electrons. The normalized spacial score (nSPS) is 11.5. The van der Waals surface area contributed by atoms with Crippen molar-refractivity contribution in [2.75, 3.05) is 11.9 Å². The maximum Gasteiger partial charge on any atom is 0.265 e. The van der Waals surface area contributed by atoms with E-state index < -0.39 is 6.10 Å². The molecule has 2 amide bonds. The Morgan fingerprint density at radius 3 is 2.38 bits per heavy atom. The summed E-state index contributed by atoms with van der Waals surface area (Å²) in [6, 6.07) is 14.5. The number of carbonyl (C=O) groups is 2. The van der Waals surface area contributed by atoms with Crippen LogP contribution in [-0.2, 0) is 4.79 Å². The molecule has 0 aliphatic carbocycles. The second kappa shape index (κ2) is 9.61. The second-order valence-corrected chi connectivity index (χ2v) is 6.12. The molecular formula is C21H26N2O3. The lowest BCUT2D eigenvalue weighted by molar-refractivity contribution is -0.122. The Balaban J connectivity index is 2.09. The maximum atomic E-state index is 12.6. The van der Waals surface area contributed by atoms with Crippen LogP contribution in [0.25, 0.3) is 0 Å². The number of aryl methyl sites for hydroxylation is 1. The number of nitrogens with one attached hydrogen (secondary N) is 2. The molecule has 2 rings (SSSR count). The van der Waals surface area contributed by atoms with E-state index in [1.165, 1.54) is 0 Å². The largest absolute Gasteiger partial charge is 0.481 e. The number of carbonyl (C=O) groups excluding carboxylic acids is 2. The molecule has 0 aliphatic heterocycles. The summed E-state index contributed by atoms with van der Waals surface area (Å²) in [5, 5.41) is 5.65. The first-order valence-electron chi connectivity index (χ1n) is 8.96. The zero-order chi connectivity index (χ0) is 18.9. The van der Waals surface area contributed by atoms with E-state index in [0.29, 0.717) is 30.0 Å². The van der Waals surface area contributed by atoms with E-state index >= 15 is 0 Å². The summed E-state index contributed by atoms with van der Waals surface area (Å²) < 4.78 is 5.81. The van der Waals surface area contributed by atoms with Crippen molar-refractivity contribution in [1.82, 2.24) is 5.32 Å². The van der Waals surface area contributed by atoms with Crippen molar-refractivity contribution in [2.24, 2.45) is 0 Å². The lowest BCUT2D eigenvalue weighted by Crippen LogP contribution is -2.33. The first-order valence-corrected chi connectivity index (χ1v) is 8.96. The van der Waals surface area contributed by atoms with Gasteiger partial charge in [-0.05, 0) is 44.0 Å². The third-order valence-corrected chi connectivity index (χ3v) is 3.93. The fourth-order valence-electron chi connectivity index (χ4n) is 2.44. The quantitative estimate of drug-likeness (QED) is 0.755. The minimum Gasteiger partial charge on any atom is -0.481 e. The van der Waals surface area contributed by atoms with Crippen LogP contribution in [0.5, 0.6) is 5.75 Å². The molecule has 0 saturated heterocycles. The van der Waals surface area contributed by atoms with E-state index in [-0.39, 0.29) is 11.8 Å². The Hall–Kier alpha value is -2.82. The minimum atomic E-state index is -0.635. The van der Waals surface area contributed by atoms with Gasteiger partial charge >= 0.3 is 0 Å². The van der Waals surface area contributed by atoms with Gasteiger partial charge in [0.15, 0.2) is 6.10 Å². The number of amides is 2. The minimum absolute atomic E-state index is 0.199. The highest BCUT2D eigenvalue weighted by Crippen LogP contribution is 2.18. The van der Waals surface area contributed by atoms with Crippen LogP contribution in [0, 0.1) is 6.92 Å². The number of benzene rings is 2. The van der Waals surface area contributed by atoms with E-state index in [9.17, 15) is 9.59 Å². The molecule has 2 N–H and O–H groups in total. The molecule has 0 spiro atoms. The van der Waals surface area contributed by atoms with Gasteiger partial charge in [0.2, 0.25) is 0 Å². The summed E-state index contributed by atoms with van der Waals surface area (Å²) in [7, 11) is 0. The van der Waals surface area contributed by atoms with Crippen molar-refractivity contribution in [3.05, 3.63) is 59.7 Å². The monoisotopic (exact) mass is 354 g/mol. The van der Waals surface area contributed by atoms with Gasteiger partial charge in [0.1, 0.15) is 5.75 Å². The molecule has 5 heteroatoms. The summed E-state index contributed by atoms with van der Waals surface area (Å²) in [6.45, 7) is 6.46. The maximum absolute atomic E-state index is 12.6. The van der Waals surface area contributed by atoms with Crippen LogP contribution in [0.2, 0.25) is 0 Å². The summed E-state index contributed by atoms with van der Waals surface area (Å²) in [5.41, 5.74) is 2.05. The van der Waals surface area contributed by atoms with Crippen LogP contribution in [0.3, 0.4) is 0 Å². The lowest BCUT2D eigenvalue weighted by Gasteiger charge is -2.18. The van der Waals surface area contributed by atoms with Crippen LogP contribution in [0.15, 0.2) is 48.5 Å².